The van der Waals surface area contributed by atoms with Crippen LogP contribution in [0.2, 0.25) is 0 Å². The van der Waals surface area contributed by atoms with Crippen molar-refractivity contribution in [2.24, 2.45) is 5.73 Å². The van der Waals surface area contributed by atoms with Gasteiger partial charge in [0.1, 0.15) is 11.6 Å². The molecule has 1 rings (SSSR count). The molecule has 0 aliphatic rings. The van der Waals surface area contributed by atoms with E-state index in [1.807, 2.05) is 0 Å². The Morgan fingerprint density at radius 3 is 2.69 bits per heavy atom. The molecule has 1 atom stereocenters. The minimum absolute atomic E-state index is 0. The van der Waals surface area contributed by atoms with Crippen LogP contribution in [-0.4, -0.2) is 19.1 Å². The Morgan fingerprint density at radius 2 is 2.19 bits per heavy atom. The van der Waals surface area contributed by atoms with Gasteiger partial charge in [0.15, 0.2) is 0 Å². The van der Waals surface area contributed by atoms with Crippen LogP contribution in [0.25, 0.3) is 0 Å². The second kappa shape index (κ2) is 6.30. The molecule has 16 heavy (non-hydrogen) atoms. The Morgan fingerprint density at radius 1 is 1.56 bits per heavy atom. The second-order valence-corrected chi connectivity index (χ2v) is 3.12. The summed E-state index contributed by atoms with van der Waals surface area (Å²) in [6, 6.07) is 3.40. The van der Waals surface area contributed by atoms with Gasteiger partial charge in [-0.15, -0.1) is 12.4 Å². The van der Waals surface area contributed by atoms with E-state index in [4.69, 9.17) is 10.5 Å². The van der Waals surface area contributed by atoms with Crippen molar-refractivity contribution in [3.63, 3.8) is 0 Å². The number of nitrogens with two attached hydrogens (primary N) is 1. The molecule has 1 aromatic carbocycles. The third-order valence-corrected chi connectivity index (χ3v) is 1.84. The summed E-state index contributed by atoms with van der Waals surface area (Å²) < 4.78 is 18.1. The van der Waals surface area contributed by atoms with Gasteiger partial charge in [0.25, 0.3) is 0 Å². The fraction of sp³-hybridized carbons (Fsp3) is 0.300. The lowest BCUT2D eigenvalue weighted by atomic mass is 10.2. The van der Waals surface area contributed by atoms with Crippen molar-refractivity contribution >= 4 is 24.0 Å². The molecule has 0 saturated carbocycles. The summed E-state index contributed by atoms with van der Waals surface area (Å²) in [5.41, 5.74) is 5.41. The molecule has 1 unspecified atom stereocenters. The van der Waals surface area contributed by atoms with E-state index in [2.05, 4.69) is 5.32 Å². The summed E-state index contributed by atoms with van der Waals surface area (Å²) in [6.07, 6.45) is 0. The fourth-order valence-corrected chi connectivity index (χ4v) is 0.974. The number of hydrogen-bond acceptors (Lipinski definition) is 3. The third-order valence-electron chi connectivity index (χ3n) is 1.84. The van der Waals surface area contributed by atoms with Gasteiger partial charge in [0.05, 0.1) is 18.8 Å². The van der Waals surface area contributed by atoms with Gasteiger partial charge in [0.2, 0.25) is 5.91 Å². The molecule has 0 heterocycles. The Bertz CT molecular complexity index is 372. The van der Waals surface area contributed by atoms with Crippen molar-refractivity contribution in [3.8, 4) is 5.75 Å². The smallest absolute Gasteiger partial charge is 0.241 e. The molecule has 3 N–H and O–H groups in total. The molecule has 0 saturated heterocycles. The Hall–Kier alpha value is -1.33. The van der Waals surface area contributed by atoms with Gasteiger partial charge in [-0.1, -0.05) is 0 Å². The summed E-state index contributed by atoms with van der Waals surface area (Å²) in [6.45, 7) is 1.52. The van der Waals surface area contributed by atoms with Crippen LogP contribution in [0, 0.1) is 5.82 Å². The van der Waals surface area contributed by atoms with Crippen LogP contribution >= 0.6 is 12.4 Å². The van der Waals surface area contributed by atoms with E-state index in [1.54, 1.807) is 0 Å². The quantitative estimate of drug-likeness (QED) is 0.853. The minimum Gasteiger partial charge on any atom is -0.497 e. The maximum absolute atomic E-state index is 13.2. The number of benzene rings is 1. The molecule has 0 fully saturated rings. The van der Waals surface area contributed by atoms with Gasteiger partial charge in [-0.3, -0.25) is 4.79 Å². The molecule has 0 aliphatic carbocycles. The molecule has 90 valence electrons. The van der Waals surface area contributed by atoms with Crippen LogP contribution in [0.3, 0.4) is 0 Å². The van der Waals surface area contributed by atoms with Crippen molar-refractivity contribution in [2.75, 3.05) is 12.4 Å². The van der Waals surface area contributed by atoms with Gasteiger partial charge in [-0.05, 0) is 19.1 Å². The zero-order valence-electron chi connectivity index (χ0n) is 8.99. The number of amides is 1. The highest BCUT2D eigenvalue weighted by Crippen LogP contribution is 2.20. The number of anilines is 1. The first-order valence-corrected chi connectivity index (χ1v) is 4.44. The summed E-state index contributed by atoms with van der Waals surface area (Å²) in [5, 5.41) is 2.37. The maximum atomic E-state index is 13.2. The summed E-state index contributed by atoms with van der Waals surface area (Å²) in [4.78, 5) is 11.2. The molecule has 1 aromatic rings. The summed E-state index contributed by atoms with van der Waals surface area (Å²) in [7, 11) is 1.46. The second-order valence-electron chi connectivity index (χ2n) is 3.12. The molecule has 0 aromatic heterocycles. The van der Waals surface area contributed by atoms with E-state index in [0.29, 0.717) is 5.75 Å². The molecule has 6 heteroatoms. The van der Waals surface area contributed by atoms with Gasteiger partial charge in [-0.2, -0.15) is 0 Å². The SMILES string of the molecule is COc1ccc(F)c(NC(=O)C(C)N)c1.Cl. The van der Waals surface area contributed by atoms with Gasteiger partial charge < -0.3 is 15.8 Å². The number of carbonyl (C=O) groups is 1. The van der Waals surface area contributed by atoms with Crippen molar-refractivity contribution in [3.05, 3.63) is 24.0 Å². The van der Waals surface area contributed by atoms with E-state index in [0.717, 1.165) is 0 Å². The highest BCUT2D eigenvalue weighted by Gasteiger charge is 2.11. The number of halogens is 2. The highest BCUT2D eigenvalue weighted by molar-refractivity contribution is 5.94. The predicted molar refractivity (Wildman–Crippen MR) is 62.5 cm³/mol. The normalized spacial score (nSPS) is 11.2. The molecular weight excluding hydrogens is 235 g/mol. The molecule has 0 aliphatic heterocycles. The standard InChI is InChI=1S/C10H13FN2O2.ClH/c1-6(12)10(14)13-9-5-7(15-2)3-4-8(9)11;/h3-6H,12H2,1-2H3,(H,13,14);1H. The monoisotopic (exact) mass is 248 g/mol. The van der Waals surface area contributed by atoms with E-state index in [1.165, 1.54) is 32.2 Å². The first kappa shape index (κ1) is 14.7. The molecule has 0 bridgehead atoms. The van der Waals surface area contributed by atoms with Crippen LogP contribution in [0.5, 0.6) is 5.75 Å². The topological polar surface area (TPSA) is 64.3 Å². The fourth-order valence-electron chi connectivity index (χ4n) is 0.974. The first-order chi connectivity index (χ1) is 7.04. The molecular formula is C10H14ClFN2O2. The minimum atomic E-state index is -0.685. The largest absolute Gasteiger partial charge is 0.497 e. The number of rotatable bonds is 3. The van der Waals surface area contributed by atoms with Gasteiger partial charge in [0, 0.05) is 6.07 Å². The lowest BCUT2D eigenvalue weighted by Gasteiger charge is -2.09. The number of methoxy groups -OCH3 is 1. The first-order valence-electron chi connectivity index (χ1n) is 4.44. The molecule has 0 spiro atoms. The average Bonchev–Trinajstić information content (AvgIpc) is 2.21. The van der Waals surface area contributed by atoms with E-state index in [-0.39, 0.29) is 18.1 Å². The Labute approximate surface area is 99.4 Å². The average molecular weight is 249 g/mol. The van der Waals surface area contributed by atoms with Crippen LogP contribution in [0.4, 0.5) is 10.1 Å². The van der Waals surface area contributed by atoms with Crippen molar-refractivity contribution in [1.82, 2.24) is 0 Å². The number of hydrogen-bond donors (Lipinski definition) is 2. The molecule has 0 radical (unpaired) electrons. The number of ether oxygens (including phenoxy) is 1. The van der Waals surface area contributed by atoms with Gasteiger partial charge >= 0.3 is 0 Å². The lowest BCUT2D eigenvalue weighted by Crippen LogP contribution is -2.32. The van der Waals surface area contributed by atoms with Crippen molar-refractivity contribution in [2.45, 2.75) is 13.0 Å². The van der Waals surface area contributed by atoms with E-state index >= 15 is 0 Å². The summed E-state index contributed by atoms with van der Waals surface area (Å²) >= 11 is 0. The predicted octanol–water partition coefficient (Wildman–Crippen LogP) is 1.54. The van der Waals surface area contributed by atoms with Crippen LogP contribution in [0.1, 0.15) is 6.92 Å². The highest BCUT2D eigenvalue weighted by atomic mass is 35.5. The van der Waals surface area contributed by atoms with Crippen LogP contribution in [-0.2, 0) is 4.79 Å². The van der Waals surface area contributed by atoms with Crippen molar-refractivity contribution in [1.29, 1.82) is 0 Å². The van der Waals surface area contributed by atoms with Gasteiger partial charge in [-0.25, -0.2) is 4.39 Å². The maximum Gasteiger partial charge on any atom is 0.241 e. The zero-order chi connectivity index (χ0) is 11.4. The van der Waals surface area contributed by atoms with E-state index < -0.39 is 17.8 Å². The van der Waals surface area contributed by atoms with Crippen LogP contribution < -0.4 is 15.8 Å². The summed E-state index contributed by atoms with van der Waals surface area (Å²) in [5.74, 6) is -0.497. The Balaban J connectivity index is 0.00000225. The lowest BCUT2D eigenvalue weighted by molar-refractivity contribution is -0.117. The number of carbonyl (C=O) groups excluding carboxylic acids is 1. The third kappa shape index (κ3) is 3.67. The van der Waals surface area contributed by atoms with E-state index in [9.17, 15) is 9.18 Å². The molecule has 1 amide bonds. The zero-order valence-corrected chi connectivity index (χ0v) is 9.81. The Kier molecular flexibility index (Phi) is 5.77. The van der Waals surface area contributed by atoms with Crippen LogP contribution in [0.15, 0.2) is 18.2 Å². The molecule has 4 nitrogen and oxygen atoms in total. The number of nitrogens with one attached hydrogen (secondary N) is 1. The van der Waals surface area contributed by atoms with Crippen molar-refractivity contribution < 1.29 is 13.9 Å².